The second-order valence-electron chi connectivity index (χ2n) is 8.06. The number of hydrogen-bond donors (Lipinski definition) is 2. The van der Waals surface area contributed by atoms with Crippen LogP contribution in [0.3, 0.4) is 0 Å². The van der Waals surface area contributed by atoms with E-state index in [1.54, 1.807) is 29.3 Å². The Balaban J connectivity index is 1.55. The lowest BCUT2D eigenvalue weighted by molar-refractivity contribution is -0.110. The van der Waals surface area contributed by atoms with Gasteiger partial charge in [-0.05, 0) is 38.2 Å². The Hall–Kier alpha value is -3.13. The third-order valence-electron chi connectivity index (χ3n) is 5.27. The van der Waals surface area contributed by atoms with Gasteiger partial charge in [0.15, 0.2) is 20.7 Å². The second-order valence-corrected chi connectivity index (χ2v) is 11.1. The maximum atomic E-state index is 13.3. The Morgan fingerprint density at radius 3 is 2.61 bits per heavy atom. The molecule has 13 heteroatoms. The molecular formula is C23H28N6O5S2. The molecule has 0 bridgehead atoms. The number of pyridine rings is 1. The first-order chi connectivity index (χ1) is 17.3. The molecule has 1 aliphatic heterocycles. The minimum Gasteiger partial charge on any atom is -0.478 e. The maximum Gasteiger partial charge on any atom is 0.278 e. The smallest absolute Gasteiger partial charge is 0.278 e. The van der Waals surface area contributed by atoms with Gasteiger partial charge in [0, 0.05) is 17.9 Å². The lowest BCUT2D eigenvalue weighted by Gasteiger charge is -2.24. The summed E-state index contributed by atoms with van der Waals surface area (Å²) in [4.78, 5) is 23.1. The normalized spacial score (nSPS) is 14.7. The van der Waals surface area contributed by atoms with E-state index < -0.39 is 15.7 Å². The topological polar surface area (TPSA) is 135 Å². The van der Waals surface area contributed by atoms with Crippen LogP contribution >= 0.6 is 11.3 Å². The summed E-state index contributed by atoms with van der Waals surface area (Å²) >= 11 is 1.23. The quantitative estimate of drug-likeness (QED) is 0.296. The van der Waals surface area contributed by atoms with Crippen molar-refractivity contribution < 1.29 is 22.7 Å². The molecule has 1 fully saturated rings. The van der Waals surface area contributed by atoms with Gasteiger partial charge >= 0.3 is 0 Å². The minimum atomic E-state index is -3.36. The number of rotatable bonds is 10. The van der Waals surface area contributed by atoms with Crippen LogP contribution in [0.2, 0.25) is 0 Å². The standard InChI is InChI=1S/C23H28N6O5S2/c1-24-10-3-13-34-19-9-8-18-22(26-19)35-23(25-18)27-21(30)20(28-29-11-14-33-15-12-29)16-4-6-17(7-5-16)36(2,31)32/h4-9,24H,3,10-15H2,1-2H3,(H,25,27,30)/b28-20+. The van der Waals surface area contributed by atoms with E-state index in [4.69, 9.17) is 9.47 Å². The Morgan fingerprint density at radius 1 is 1.17 bits per heavy atom. The highest BCUT2D eigenvalue weighted by Crippen LogP contribution is 2.26. The van der Waals surface area contributed by atoms with Crippen LogP contribution in [0.25, 0.3) is 10.3 Å². The summed E-state index contributed by atoms with van der Waals surface area (Å²) in [6, 6.07) is 9.63. The maximum absolute atomic E-state index is 13.3. The molecule has 0 atom stereocenters. The monoisotopic (exact) mass is 532 g/mol. The number of thiazole rings is 1. The van der Waals surface area contributed by atoms with E-state index >= 15 is 0 Å². The zero-order valence-corrected chi connectivity index (χ0v) is 21.7. The van der Waals surface area contributed by atoms with Crippen molar-refractivity contribution in [3.05, 3.63) is 42.0 Å². The number of hydrazone groups is 1. The van der Waals surface area contributed by atoms with Gasteiger partial charge in [0.2, 0.25) is 5.88 Å². The number of carbonyl (C=O) groups is 1. The number of aromatic nitrogens is 2. The molecule has 1 saturated heterocycles. The highest BCUT2D eigenvalue weighted by molar-refractivity contribution is 7.90. The fraction of sp³-hybridized carbons (Fsp3) is 0.391. The van der Waals surface area contributed by atoms with E-state index in [0.29, 0.717) is 59.8 Å². The van der Waals surface area contributed by atoms with E-state index in [9.17, 15) is 13.2 Å². The van der Waals surface area contributed by atoms with Gasteiger partial charge in [0.25, 0.3) is 5.91 Å². The number of carbonyl (C=O) groups excluding carboxylic acids is 1. The summed E-state index contributed by atoms with van der Waals surface area (Å²) in [6.07, 6.45) is 1.99. The number of benzene rings is 1. The van der Waals surface area contributed by atoms with Crippen molar-refractivity contribution in [1.29, 1.82) is 0 Å². The van der Waals surface area contributed by atoms with Crippen molar-refractivity contribution in [1.82, 2.24) is 20.3 Å². The number of fused-ring (bicyclic) bond motifs is 1. The van der Waals surface area contributed by atoms with Crippen LogP contribution in [0.4, 0.5) is 5.13 Å². The largest absolute Gasteiger partial charge is 0.478 e. The van der Waals surface area contributed by atoms with Gasteiger partial charge in [0.05, 0.1) is 37.8 Å². The number of nitrogens with zero attached hydrogens (tertiary/aromatic N) is 4. The number of hydrogen-bond acceptors (Lipinski definition) is 11. The van der Waals surface area contributed by atoms with Crippen LogP contribution in [0, 0.1) is 0 Å². The summed E-state index contributed by atoms with van der Waals surface area (Å²) in [6.45, 7) is 3.49. The lowest BCUT2D eigenvalue weighted by atomic mass is 10.1. The van der Waals surface area contributed by atoms with E-state index in [-0.39, 0.29) is 10.6 Å². The van der Waals surface area contributed by atoms with Crippen LogP contribution in [-0.2, 0) is 19.4 Å². The molecule has 0 aliphatic carbocycles. The lowest BCUT2D eigenvalue weighted by Crippen LogP contribution is -2.35. The van der Waals surface area contributed by atoms with Crippen molar-refractivity contribution in [2.45, 2.75) is 11.3 Å². The molecule has 4 rings (SSSR count). The molecule has 1 aromatic carbocycles. The molecule has 36 heavy (non-hydrogen) atoms. The number of nitrogens with one attached hydrogen (secondary N) is 2. The number of amides is 1. The van der Waals surface area contributed by atoms with Gasteiger partial charge in [-0.2, -0.15) is 5.10 Å². The summed E-state index contributed by atoms with van der Waals surface area (Å²) in [7, 11) is -1.48. The first kappa shape index (κ1) is 25.9. The molecule has 0 spiro atoms. The molecule has 11 nitrogen and oxygen atoms in total. The SMILES string of the molecule is CNCCCOc1ccc2nc(NC(=O)/C(=N/N3CCOCC3)c3ccc(S(C)(=O)=O)cc3)sc2n1. The summed E-state index contributed by atoms with van der Waals surface area (Å²) in [5.41, 5.74) is 1.28. The van der Waals surface area contributed by atoms with Crippen molar-refractivity contribution >= 4 is 48.3 Å². The molecule has 1 aliphatic rings. The molecule has 0 saturated carbocycles. The summed E-state index contributed by atoms with van der Waals surface area (Å²) in [5, 5.41) is 12.6. The van der Waals surface area contributed by atoms with Crippen LogP contribution in [0.5, 0.6) is 5.88 Å². The van der Waals surface area contributed by atoms with Gasteiger partial charge in [0.1, 0.15) is 10.3 Å². The van der Waals surface area contributed by atoms with E-state index in [2.05, 4.69) is 25.7 Å². The first-order valence-corrected chi connectivity index (χ1v) is 14.1. The first-order valence-electron chi connectivity index (χ1n) is 11.4. The Morgan fingerprint density at radius 2 is 1.92 bits per heavy atom. The fourth-order valence-electron chi connectivity index (χ4n) is 3.41. The van der Waals surface area contributed by atoms with Gasteiger partial charge in [-0.3, -0.25) is 15.1 Å². The highest BCUT2D eigenvalue weighted by atomic mass is 32.2. The molecule has 0 radical (unpaired) electrons. The predicted molar refractivity (Wildman–Crippen MR) is 139 cm³/mol. The summed E-state index contributed by atoms with van der Waals surface area (Å²) in [5.74, 6) is 0.0388. The van der Waals surface area contributed by atoms with Gasteiger partial charge in [-0.15, -0.1) is 0 Å². The van der Waals surface area contributed by atoms with E-state index in [1.165, 1.54) is 23.5 Å². The van der Waals surface area contributed by atoms with Crippen LogP contribution in [0.1, 0.15) is 12.0 Å². The minimum absolute atomic E-state index is 0.151. The van der Waals surface area contributed by atoms with Crippen molar-refractivity contribution in [3.63, 3.8) is 0 Å². The third-order valence-corrected chi connectivity index (χ3v) is 7.28. The van der Waals surface area contributed by atoms with Gasteiger partial charge < -0.3 is 14.8 Å². The zero-order valence-electron chi connectivity index (χ0n) is 20.1. The van der Waals surface area contributed by atoms with Crippen LogP contribution in [-0.4, -0.2) is 87.8 Å². The number of anilines is 1. The van der Waals surface area contributed by atoms with Crippen molar-refractivity contribution in [2.75, 3.05) is 58.1 Å². The van der Waals surface area contributed by atoms with Crippen molar-refractivity contribution in [2.24, 2.45) is 5.10 Å². The van der Waals surface area contributed by atoms with Crippen LogP contribution < -0.4 is 15.4 Å². The van der Waals surface area contributed by atoms with Gasteiger partial charge in [-0.25, -0.2) is 18.4 Å². The number of sulfone groups is 1. The third kappa shape index (κ3) is 6.75. The van der Waals surface area contributed by atoms with Gasteiger partial charge in [-0.1, -0.05) is 23.5 Å². The molecule has 2 aromatic heterocycles. The number of ether oxygens (including phenoxy) is 2. The molecule has 192 valence electrons. The van der Waals surface area contributed by atoms with Crippen LogP contribution in [0.15, 0.2) is 46.4 Å². The van der Waals surface area contributed by atoms with E-state index in [1.807, 2.05) is 7.05 Å². The second kappa shape index (κ2) is 11.7. The molecule has 3 heterocycles. The summed E-state index contributed by atoms with van der Waals surface area (Å²) < 4.78 is 34.7. The average Bonchev–Trinajstić information content (AvgIpc) is 3.27. The molecule has 1 amide bonds. The fourth-order valence-corrected chi connectivity index (χ4v) is 4.86. The Bertz CT molecular complexity index is 1330. The number of morpholine rings is 1. The molecule has 0 unspecified atom stereocenters. The van der Waals surface area contributed by atoms with E-state index in [0.717, 1.165) is 19.2 Å². The molecular weight excluding hydrogens is 504 g/mol. The average molecular weight is 533 g/mol. The highest BCUT2D eigenvalue weighted by Gasteiger charge is 2.20. The molecule has 2 N–H and O–H groups in total. The Labute approximate surface area is 213 Å². The Kier molecular flexibility index (Phi) is 8.46. The molecule has 3 aromatic rings. The zero-order chi connectivity index (χ0) is 25.5. The predicted octanol–water partition coefficient (Wildman–Crippen LogP) is 1.76. The van der Waals surface area contributed by atoms with Crippen molar-refractivity contribution in [3.8, 4) is 5.88 Å².